The summed E-state index contributed by atoms with van der Waals surface area (Å²) < 4.78 is 11.3. The number of ether oxygens (including phenoxy) is 2. The number of hydrogen-bond acceptors (Lipinski definition) is 5. The number of carbonyl (C=O) groups excluding carboxylic acids is 1. The Morgan fingerprint density at radius 1 is 1.09 bits per heavy atom. The lowest BCUT2D eigenvalue weighted by Gasteiger charge is -2.06. The van der Waals surface area contributed by atoms with Crippen molar-refractivity contribution < 1.29 is 14.3 Å². The first-order valence-corrected chi connectivity index (χ1v) is 7.67. The van der Waals surface area contributed by atoms with Gasteiger partial charge in [-0.05, 0) is 24.3 Å². The first-order chi connectivity index (χ1) is 11.2. The number of hydrogen-bond donors (Lipinski definition) is 2. The molecule has 0 saturated carbocycles. The van der Waals surface area contributed by atoms with Crippen molar-refractivity contribution in [1.29, 1.82) is 0 Å². The molecule has 0 radical (unpaired) electrons. The molecule has 0 aliphatic carbocycles. The Labute approximate surface area is 137 Å². The Balaban J connectivity index is 1.75. The van der Waals surface area contributed by atoms with E-state index in [0.717, 1.165) is 10.2 Å². The minimum Gasteiger partial charge on any atom is -0.497 e. The van der Waals surface area contributed by atoms with Crippen molar-refractivity contribution in [2.24, 2.45) is 0 Å². The highest BCUT2D eigenvalue weighted by atomic mass is 32.1. The van der Waals surface area contributed by atoms with E-state index in [2.05, 4.69) is 15.6 Å². The van der Waals surface area contributed by atoms with Gasteiger partial charge < -0.3 is 14.8 Å². The van der Waals surface area contributed by atoms with Gasteiger partial charge in [-0.2, -0.15) is 0 Å². The summed E-state index contributed by atoms with van der Waals surface area (Å²) in [5, 5.41) is 5.98. The average molecular weight is 329 g/mol. The number of anilines is 2. The molecule has 0 fully saturated rings. The molecule has 7 heteroatoms. The molecule has 0 atom stereocenters. The first kappa shape index (κ1) is 15.1. The Hall–Kier alpha value is -2.80. The Morgan fingerprint density at radius 3 is 2.70 bits per heavy atom. The number of urea groups is 1. The van der Waals surface area contributed by atoms with Crippen LogP contribution in [0.15, 0.2) is 42.5 Å². The van der Waals surface area contributed by atoms with Gasteiger partial charge in [0.1, 0.15) is 17.0 Å². The van der Waals surface area contributed by atoms with Crippen LogP contribution in [0.3, 0.4) is 0 Å². The molecule has 0 aliphatic heterocycles. The van der Waals surface area contributed by atoms with Crippen LogP contribution in [0.25, 0.3) is 10.2 Å². The van der Waals surface area contributed by atoms with E-state index in [1.54, 1.807) is 32.4 Å². The minimum absolute atomic E-state index is 0.365. The van der Waals surface area contributed by atoms with E-state index >= 15 is 0 Å². The monoisotopic (exact) mass is 329 g/mol. The molecule has 2 N–H and O–H groups in total. The highest BCUT2D eigenvalue weighted by Crippen LogP contribution is 2.32. The zero-order chi connectivity index (χ0) is 16.2. The molecular formula is C16H15N3O3S. The van der Waals surface area contributed by atoms with Crippen molar-refractivity contribution in [2.75, 3.05) is 24.9 Å². The fraction of sp³-hybridized carbons (Fsp3) is 0.125. The van der Waals surface area contributed by atoms with Gasteiger partial charge in [0.2, 0.25) is 0 Å². The van der Waals surface area contributed by atoms with E-state index in [1.807, 2.05) is 24.3 Å². The SMILES string of the molecule is COc1cccc(NC(=O)Nc2nc3c(OC)cccc3s2)c1. The summed E-state index contributed by atoms with van der Waals surface area (Å²) in [6.07, 6.45) is 0. The number of aromatic nitrogens is 1. The number of nitrogens with zero attached hydrogens (tertiary/aromatic N) is 1. The number of fused-ring (bicyclic) bond motifs is 1. The Kier molecular flexibility index (Phi) is 4.29. The van der Waals surface area contributed by atoms with Gasteiger partial charge in [-0.3, -0.25) is 5.32 Å². The van der Waals surface area contributed by atoms with Crippen LogP contribution in [0.4, 0.5) is 15.6 Å². The maximum Gasteiger partial charge on any atom is 0.325 e. The molecule has 118 valence electrons. The van der Waals surface area contributed by atoms with Crippen molar-refractivity contribution in [2.45, 2.75) is 0 Å². The van der Waals surface area contributed by atoms with E-state index in [4.69, 9.17) is 9.47 Å². The highest BCUT2D eigenvalue weighted by Gasteiger charge is 2.11. The van der Waals surface area contributed by atoms with Crippen molar-refractivity contribution in [3.63, 3.8) is 0 Å². The van der Waals surface area contributed by atoms with Gasteiger partial charge in [-0.15, -0.1) is 0 Å². The zero-order valence-corrected chi connectivity index (χ0v) is 13.4. The number of benzene rings is 2. The van der Waals surface area contributed by atoms with Crippen LogP contribution in [0.2, 0.25) is 0 Å². The van der Waals surface area contributed by atoms with Gasteiger partial charge in [-0.1, -0.05) is 23.5 Å². The predicted octanol–water partition coefficient (Wildman–Crippen LogP) is 3.96. The quantitative estimate of drug-likeness (QED) is 0.760. The molecule has 2 amide bonds. The summed E-state index contributed by atoms with van der Waals surface area (Å²) in [6, 6.07) is 12.4. The maximum atomic E-state index is 12.1. The molecule has 1 heterocycles. The Morgan fingerprint density at radius 2 is 1.91 bits per heavy atom. The average Bonchev–Trinajstić information content (AvgIpc) is 2.96. The molecule has 2 aromatic carbocycles. The lowest BCUT2D eigenvalue weighted by atomic mass is 10.3. The lowest BCUT2D eigenvalue weighted by Crippen LogP contribution is -2.19. The topological polar surface area (TPSA) is 72.5 Å². The van der Waals surface area contributed by atoms with E-state index in [0.29, 0.717) is 22.3 Å². The summed E-state index contributed by atoms with van der Waals surface area (Å²) in [5.74, 6) is 1.35. The molecular weight excluding hydrogens is 314 g/mol. The van der Waals surface area contributed by atoms with Gasteiger partial charge in [0.05, 0.1) is 18.9 Å². The number of nitrogens with one attached hydrogen (secondary N) is 2. The third kappa shape index (κ3) is 3.35. The maximum absolute atomic E-state index is 12.1. The number of carbonyl (C=O) groups is 1. The van der Waals surface area contributed by atoms with Crippen LogP contribution in [0, 0.1) is 0 Å². The molecule has 0 bridgehead atoms. The Bertz CT molecular complexity index is 847. The summed E-state index contributed by atoms with van der Waals surface area (Å²) in [5.41, 5.74) is 1.37. The van der Waals surface area contributed by atoms with Crippen molar-refractivity contribution >= 4 is 38.4 Å². The third-order valence-electron chi connectivity index (χ3n) is 3.15. The van der Waals surface area contributed by atoms with Crippen LogP contribution >= 0.6 is 11.3 Å². The van der Waals surface area contributed by atoms with Crippen molar-refractivity contribution in [3.8, 4) is 11.5 Å². The summed E-state index contributed by atoms with van der Waals surface area (Å²) in [6.45, 7) is 0. The molecule has 3 aromatic rings. The fourth-order valence-corrected chi connectivity index (χ4v) is 2.98. The number of methoxy groups -OCH3 is 2. The molecule has 0 saturated heterocycles. The second-order valence-corrected chi connectivity index (χ2v) is 5.67. The second-order valence-electron chi connectivity index (χ2n) is 4.64. The van der Waals surface area contributed by atoms with Gasteiger partial charge in [0, 0.05) is 11.8 Å². The molecule has 0 aliphatic rings. The summed E-state index contributed by atoms with van der Waals surface area (Å²) >= 11 is 1.39. The lowest BCUT2D eigenvalue weighted by molar-refractivity contribution is 0.262. The van der Waals surface area contributed by atoms with Gasteiger partial charge >= 0.3 is 6.03 Å². The summed E-state index contributed by atoms with van der Waals surface area (Å²) in [7, 11) is 3.17. The van der Waals surface area contributed by atoms with Crippen molar-refractivity contribution in [3.05, 3.63) is 42.5 Å². The van der Waals surface area contributed by atoms with E-state index in [-0.39, 0.29) is 6.03 Å². The smallest absolute Gasteiger partial charge is 0.325 e. The van der Waals surface area contributed by atoms with Gasteiger partial charge in [0.15, 0.2) is 5.13 Å². The number of thiazole rings is 1. The molecule has 6 nitrogen and oxygen atoms in total. The molecule has 23 heavy (non-hydrogen) atoms. The molecule has 0 unspecified atom stereocenters. The first-order valence-electron chi connectivity index (χ1n) is 6.85. The standard InChI is InChI=1S/C16H15N3O3S/c1-21-11-6-3-5-10(9-11)17-15(20)19-16-18-14-12(22-2)7-4-8-13(14)23-16/h3-9H,1-2H3,(H2,17,18,19,20). The molecule has 0 spiro atoms. The van der Waals surface area contributed by atoms with E-state index < -0.39 is 0 Å². The number of amides is 2. The van der Waals surface area contributed by atoms with E-state index in [9.17, 15) is 4.79 Å². The van der Waals surface area contributed by atoms with Crippen LogP contribution in [0.1, 0.15) is 0 Å². The van der Waals surface area contributed by atoms with Gasteiger partial charge in [-0.25, -0.2) is 9.78 Å². The highest BCUT2D eigenvalue weighted by molar-refractivity contribution is 7.22. The van der Waals surface area contributed by atoms with Crippen LogP contribution in [-0.4, -0.2) is 25.2 Å². The van der Waals surface area contributed by atoms with Crippen molar-refractivity contribution in [1.82, 2.24) is 4.98 Å². The summed E-state index contributed by atoms with van der Waals surface area (Å²) in [4.78, 5) is 16.5. The van der Waals surface area contributed by atoms with Crippen LogP contribution < -0.4 is 20.1 Å². The fourth-order valence-electron chi connectivity index (χ4n) is 2.10. The zero-order valence-electron chi connectivity index (χ0n) is 12.6. The largest absolute Gasteiger partial charge is 0.497 e. The molecule has 1 aromatic heterocycles. The predicted molar refractivity (Wildman–Crippen MR) is 91.8 cm³/mol. The number of rotatable bonds is 4. The second kappa shape index (κ2) is 6.53. The minimum atomic E-state index is -0.365. The third-order valence-corrected chi connectivity index (χ3v) is 4.09. The van der Waals surface area contributed by atoms with Crippen LogP contribution in [-0.2, 0) is 0 Å². The number of para-hydroxylation sites is 1. The van der Waals surface area contributed by atoms with Gasteiger partial charge in [0.25, 0.3) is 0 Å². The molecule has 3 rings (SSSR count). The van der Waals surface area contributed by atoms with Crippen LogP contribution in [0.5, 0.6) is 11.5 Å². The normalized spacial score (nSPS) is 10.3. The van der Waals surface area contributed by atoms with E-state index in [1.165, 1.54) is 11.3 Å².